The van der Waals surface area contributed by atoms with Gasteiger partial charge in [-0.25, -0.2) is 13.2 Å². The Morgan fingerprint density at radius 2 is 1.46 bits per heavy atom. The minimum atomic E-state index is -1.41. The van der Waals surface area contributed by atoms with Gasteiger partial charge in [0.2, 0.25) is 0 Å². The second kappa shape index (κ2) is 4.37. The van der Waals surface area contributed by atoms with Crippen molar-refractivity contribution in [1.82, 2.24) is 0 Å². The molecule has 6 heteroatoms. The van der Waals surface area contributed by atoms with Gasteiger partial charge in [0.25, 0.3) is 0 Å². The summed E-state index contributed by atoms with van der Waals surface area (Å²) >= 11 is 5.82. The highest BCUT2D eigenvalue weighted by atomic mass is 127. The molecule has 0 nitrogen and oxygen atoms in total. The topological polar surface area (TPSA) is 0 Å². The van der Waals surface area contributed by atoms with Crippen LogP contribution in [-0.2, 0) is -0.565 Å². The molecule has 13 heavy (non-hydrogen) atoms. The van der Waals surface area contributed by atoms with Crippen molar-refractivity contribution >= 4 is 67.8 Å². The van der Waals surface area contributed by atoms with Crippen LogP contribution < -0.4 is 0 Å². The lowest BCUT2D eigenvalue weighted by Crippen LogP contribution is -2.04. The van der Waals surface area contributed by atoms with Gasteiger partial charge in [-0.15, -0.1) is 0 Å². The van der Waals surface area contributed by atoms with Crippen molar-refractivity contribution in [2.24, 2.45) is 0 Å². The smallest absolute Gasteiger partial charge is 0.194 e. The molecule has 0 N–H and O–H groups in total. The molecule has 0 aromatic heterocycles. The molecule has 1 aromatic carbocycles. The molecule has 72 valence electrons. The first-order valence-electron chi connectivity index (χ1n) is 3.04. The molecular formula is C7H2F3I3. The Morgan fingerprint density at radius 3 is 1.92 bits per heavy atom. The van der Waals surface area contributed by atoms with Gasteiger partial charge >= 0.3 is 0 Å². The average Bonchev–Trinajstić information content (AvgIpc) is 1.98. The Balaban J connectivity index is 3.35. The van der Waals surface area contributed by atoms with Gasteiger partial charge in [0, 0.05) is 5.56 Å². The monoisotopic (exact) mass is 524 g/mol. The fraction of sp³-hybridized carbons (Fsp3) is 0.143. The van der Waals surface area contributed by atoms with Gasteiger partial charge in [0.1, 0.15) is 0 Å². The van der Waals surface area contributed by atoms with Crippen LogP contribution in [0.1, 0.15) is 5.56 Å². The zero-order valence-electron chi connectivity index (χ0n) is 5.92. The number of halogens is 6. The van der Waals surface area contributed by atoms with E-state index in [2.05, 4.69) is 0 Å². The first-order chi connectivity index (χ1) is 5.84. The van der Waals surface area contributed by atoms with Crippen LogP contribution in [0.3, 0.4) is 0 Å². The average molecular weight is 524 g/mol. The molecule has 0 aliphatic carbocycles. The van der Waals surface area contributed by atoms with Crippen LogP contribution in [0.4, 0.5) is 13.2 Å². The summed E-state index contributed by atoms with van der Waals surface area (Å²) in [6.45, 7) is 0. The third kappa shape index (κ3) is 2.83. The van der Waals surface area contributed by atoms with Gasteiger partial charge in [-0.1, -0.05) is 6.07 Å². The Labute approximate surface area is 114 Å². The maximum atomic E-state index is 13.1. The first-order valence-corrected chi connectivity index (χ1v) is 6.28. The lowest BCUT2D eigenvalue weighted by molar-refractivity contribution is 0.443. The third-order valence-corrected chi connectivity index (χ3v) is 3.08. The van der Waals surface area contributed by atoms with E-state index < -0.39 is 16.9 Å². The summed E-state index contributed by atoms with van der Waals surface area (Å²) in [6, 6.07) is 2.18. The molecule has 0 atom stereocenters. The molecule has 0 aliphatic heterocycles. The second-order valence-electron chi connectivity index (χ2n) is 2.22. The minimum Gasteiger partial charge on any atom is -0.204 e. The molecule has 1 rings (SSSR count). The third-order valence-electron chi connectivity index (χ3n) is 1.34. The van der Waals surface area contributed by atoms with Crippen molar-refractivity contribution in [3.63, 3.8) is 0 Å². The molecule has 0 fully saturated rings. The molecule has 0 aliphatic rings. The summed E-state index contributed by atoms with van der Waals surface area (Å²) in [5.41, 5.74) is 0.146. The summed E-state index contributed by atoms with van der Waals surface area (Å²) in [4.78, 5) is 0. The first kappa shape index (κ1) is 12.3. The van der Waals surface area contributed by atoms with E-state index in [0.717, 1.165) is 6.07 Å². The summed E-state index contributed by atoms with van der Waals surface area (Å²) in [5, 5.41) is 0. The lowest BCUT2D eigenvalue weighted by Gasteiger charge is -2.13. The predicted octanol–water partition coefficient (Wildman–Crippen LogP) is 4.52. The van der Waals surface area contributed by atoms with E-state index in [4.69, 9.17) is 0 Å². The molecule has 0 bridgehead atoms. The summed E-state index contributed by atoms with van der Waals surface area (Å²) in [5.74, 6) is -3.68. The number of rotatable bonds is 1. The zero-order chi connectivity index (χ0) is 10.2. The van der Waals surface area contributed by atoms with E-state index in [1.807, 2.05) is 67.8 Å². The van der Waals surface area contributed by atoms with Crippen molar-refractivity contribution in [1.29, 1.82) is 0 Å². The van der Waals surface area contributed by atoms with E-state index in [1.54, 1.807) is 0 Å². The van der Waals surface area contributed by atoms with Gasteiger partial charge in [0.15, 0.2) is 16.9 Å². The van der Waals surface area contributed by atoms with Crippen LogP contribution in [0, 0.1) is 17.5 Å². The molecule has 0 saturated carbocycles. The van der Waals surface area contributed by atoms with E-state index in [-0.39, 0.29) is 5.56 Å². The molecule has 1 aromatic rings. The van der Waals surface area contributed by atoms with Crippen molar-refractivity contribution in [3.8, 4) is 0 Å². The van der Waals surface area contributed by atoms with E-state index in [1.165, 1.54) is 6.07 Å². The second-order valence-corrected chi connectivity index (χ2v) is 13.3. The van der Waals surface area contributed by atoms with E-state index in [0.29, 0.717) is 0 Å². The summed E-state index contributed by atoms with van der Waals surface area (Å²) in [6.07, 6.45) is 0. The maximum Gasteiger partial charge on any atom is 0.194 e. The van der Waals surface area contributed by atoms with Crippen LogP contribution in [0.15, 0.2) is 12.1 Å². The largest absolute Gasteiger partial charge is 0.204 e. The Morgan fingerprint density at radius 1 is 0.923 bits per heavy atom. The van der Waals surface area contributed by atoms with E-state index >= 15 is 0 Å². The normalized spacial score (nSPS) is 11.8. The number of alkyl halides is 3. The van der Waals surface area contributed by atoms with Crippen LogP contribution >= 0.6 is 67.8 Å². The molecule has 0 heterocycles. The van der Waals surface area contributed by atoms with Gasteiger partial charge in [-0.3, -0.25) is 0 Å². The van der Waals surface area contributed by atoms with Gasteiger partial charge in [-0.2, -0.15) is 0 Å². The van der Waals surface area contributed by atoms with Crippen molar-refractivity contribution in [2.75, 3.05) is 0 Å². The summed E-state index contributed by atoms with van der Waals surface area (Å²) in [7, 11) is 0. The summed E-state index contributed by atoms with van der Waals surface area (Å²) < 4.78 is 37.8. The highest BCUT2D eigenvalue weighted by Gasteiger charge is 2.27. The fourth-order valence-electron chi connectivity index (χ4n) is 0.745. The van der Waals surface area contributed by atoms with Gasteiger partial charge < -0.3 is 0 Å². The van der Waals surface area contributed by atoms with Crippen molar-refractivity contribution < 1.29 is 13.2 Å². The molecule has 0 unspecified atom stereocenters. The number of benzene rings is 1. The predicted molar refractivity (Wildman–Crippen MR) is 70.1 cm³/mol. The molecule has 0 amide bonds. The highest BCUT2D eigenvalue weighted by Crippen LogP contribution is 2.47. The highest BCUT2D eigenvalue weighted by molar-refractivity contribution is 14.3. The maximum absolute atomic E-state index is 13.1. The van der Waals surface area contributed by atoms with Crippen LogP contribution in [0.5, 0.6) is 0 Å². The van der Waals surface area contributed by atoms with Gasteiger partial charge in [0.05, 0.1) is 0 Å². The van der Waals surface area contributed by atoms with Crippen LogP contribution in [-0.4, -0.2) is 0 Å². The molecular weight excluding hydrogens is 522 g/mol. The van der Waals surface area contributed by atoms with E-state index in [9.17, 15) is 13.2 Å². The Kier molecular flexibility index (Phi) is 4.13. The quantitative estimate of drug-likeness (QED) is 0.289. The van der Waals surface area contributed by atoms with Crippen molar-refractivity contribution in [2.45, 2.75) is -0.565 Å². The molecule has 0 spiro atoms. The Hall–Kier alpha value is 1.20. The fourth-order valence-corrected chi connectivity index (χ4v) is 1.99. The standard InChI is InChI=1S/C7H2F3I3/c8-4-2-1-3(7(11,12)13)5(9)6(4)10/h1-2H. The SMILES string of the molecule is Fc1ccc(C(I)(I)I)c(F)c1F. The van der Waals surface area contributed by atoms with Crippen molar-refractivity contribution in [3.05, 3.63) is 35.1 Å². The number of hydrogen-bond donors (Lipinski definition) is 0. The van der Waals surface area contributed by atoms with Gasteiger partial charge in [-0.05, 0) is 73.8 Å². The number of hydrogen-bond acceptors (Lipinski definition) is 0. The lowest BCUT2D eigenvalue weighted by atomic mass is 10.2. The Bertz CT molecular complexity index is 332. The zero-order valence-corrected chi connectivity index (χ0v) is 12.4. The minimum absolute atomic E-state index is 0.146. The van der Waals surface area contributed by atoms with Crippen LogP contribution in [0.25, 0.3) is 0 Å². The molecule has 0 radical (unpaired) electrons. The van der Waals surface area contributed by atoms with Crippen LogP contribution in [0.2, 0.25) is 0 Å². The molecule has 0 saturated heterocycles.